The number of halogens is 3. The van der Waals surface area contributed by atoms with Crippen LogP contribution in [0.4, 0.5) is 10.2 Å². The van der Waals surface area contributed by atoms with E-state index in [1.807, 2.05) is 0 Å². The number of benzene rings is 2. The molecule has 0 aliphatic rings. The molecular weight excluding hydrogens is 444 g/mol. The molecule has 1 heterocycles. The maximum atomic E-state index is 14.9. The van der Waals surface area contributed by atoms with Crippen molar-refractivity contribution in [3.05, 3.63) is 75.4 Å². The molecule has 162 valence electrons. The number of ether oxygens (including phenoxy) is 1. The van der Waals surface area contributed by atoms with Gasteiger partial charge in [0.2, 0.25) is 0 Å². The fourth-order valence-corrected chi connectivity index (χ4v) is 3.63. The average Bonchev–Trinajstić information content (AvgIpc) is 2.71. The summed E-state index contributed by atoms with van der Waals surface area (Å²) in [7, 11) is 0. The molecule has 0 aliphatic carbocycles. The molecule has 9 heteroatoms. The predicted molar refractivity (Wildman–Crippen MR) is 118 cm³/mol. The number of nitrogens with zero attached hydrogens (tertiary/aromatic N) is 2. The molecule has 3 aromatic rings. The zero-order valence-electron chi connectivity index (χ0n) is 16.8. The van der Waals surface area contributed by atoms with Gasteiger partial charge >= 0.3 is 0 Å². The molecule has 31 heavy (non-hydrogen) atoms. The highest BCUT2D eigenvalue weighted by molar-refractivity contribution is 6.36. The normalized spacial score (nSPS) is 10.9. The summed E-state index contributed by atoms with van der Waals surface area (Å²) >= 11 is 12.7. The second kappa shape index (κ2) is 9.94. The molecule has 0 fully saturated rings. The van der Waals surface area contributed by atoms with Gasteiger partial charge < -0.3 is 15.2 Å². The van der Waals surface area contributed by atoms with Gasteiger partial charge in [-0.25, -0.2) is 14.4 Å². The Balaban J connectivity index is 1.72. The number of amides is 1. The van der Waals surface area contributed by atoms with Crippen molar-refractivity contribution in [2.24, 2.45) is 0 Å². The first-order chi connectivity index (χ1) is 14.8. The van der Waals surface area contributed by atoms with Crippen molar-refractivity contribution in [1.82, 2.24) is 9.97 Å². The summed E-state index contributed by atoms with van der Waals surface area (Å²) in [5.41, 5.74) is 1.13. The van der Waals surface area contributed by atoms with E-state index in [4.69, 9.17) is 27.9 Å². The van der Waals surface area contributed by atoms with Crippen LogP contribution in [0.25, 0.3) is 0 Å². The zero-order chi connectivity index (χ0) is 22.5. The number of phenols is 1. The van der Waals surface area contributed by atoms with Crippen molar-refractivity contribution < 1.29 is 19.0 Å². The average molecular weight is 464 g/mol. The molecule has 2 N–H and O–H groups in total. The van der Waals surface area contributed by atoms with Crippen molar-refractivity contribution in [3.8, 4) is 11.5 Å². The Morgan fingerprint density at radius 2 is 1.94 bits per heavy atom. The standard InChI is InChI=1S/C22H20Cl2FN3O3/c1-12(2)21-18(29)4-3-13(22(21)25)7-15-16(23)8-14(9-17(15)24)31-10-20(30)28-19-5-6-26-11-27-19/h3-6,8-9,11-12,29H,7,10H2,1-2H3,(H,26,27,28,30). The number of nitrogens with one attached hydrogen (secondary N) is 1. The van der Waals surface area contributed by atoms with E-state index in [2.05, 4.69) is 15.3 Å². The third-order valence-corrected chi connectivity index (χ3v) is 5.19. The minimum absolute atomic E-state index is 0.0857. The maximum Gasteiger partial charge on any atom is 0.263 e. The number of hydrogen-bond donors (Lipinski definition) is 2. The molecule has 0 bridgehead atoms. The van der Waals surface area contributed by atoms with Crippen LogP contribution >= 0.6 is 23.2 Å². The first kappa shape index (κ1) is 22.8. The summed E-state index contributed by atoms with van der Waals surface area (Å²) in [5, 5.41) is 13.1. The summed E-state index contributed by atoms with van der Waals surface area (Å²) in [4.78, 5) is 19.7. The number of carbonyl (C=O) groups is 1. The summed E-state index contributed by atoms with van der Waals surface area (Å²) in [5.74, 6) is -0.517. The summed E-state index contributed by atoms with van der Waals surface area (Å²) in [6, 6.07) is 7.55. The molecule has 0 unspecified atom stereocenters. The highest BCUT2D eigenvalue weighted by Gasteiger charge is 2.19. The lowest BCUT2D eigenvalue weighted by Gasteiger charge is -2.15. The van der Waals surface area contributed by atoms with E-state index < -0.39 is 11.7 Å². The summed E-state index contributed by atoms with van der Waals surface area (Å²) in [6.07, 6.45) is 2.95. The first-order valence-electron chi connectivity index (χ1n) is 9.43. The lowest BCUT2D eigenvalue weighted by atomic mass is 9.95. The largest absolute Gasteiger partial charge is 0.508 e. The van der Waals surface area contributed by atoms with Crippen molar-refractivity contribution in [2.75, 3.05) is 11.9 Å². The lowest BCUT2D eigenvalue weighted by Crippen LogP contribution is -2.20. The zero-order valence-corrected chi connectivity index (χ0v) is 18.3. The number of anilines is 1. The van der Waals surface area contributed by atoms with Crippen LogP contribution in [0, 0.1) is 5.82 Å². The molecule has 6 nitrogen and oxygen atoms in total. The van der Waals surface area contributed by atoms with Crippen LogP contribution in [0.2, 0.25) is 10.0 Å². The third-order valence-electron chi connectivity index (χ3n) is 4.52. The van der Waals surface area contributed by atoms with Crippen LogP contribution < -0.4 is 10.1 Å². The first-order valence-corrected chi connectivity index (χ1v) is 10.2. The molecule has 0 spiro atoms. The number of hydrogen-bond acceptors (Lipinski definition) is 5. The van der Waals surface area contributed by atoms with E-state index in [0.29, 0.717) is 22.7 Å². The number of phenolic OH excluding ortho intramolecular Hbond substituents is 1. The smallest absolute Gasteiger partial charge is 0.263 e. The van der Waals surface area contributed by atoms with Gasteiger partial charge in [-0.1, -0.05) is 43.1 Å². The van der Waals surface area contributed by atoms with E-state index >= 15 is 0 Å². The Hall–Kier alpha value is -2.90. The predicted octanol–water partition coefficient (Wildman–Crippen LogP) is 5.36. The lowest BCUT2D eigenvalue weighted by molar-refractivity contribution is -0.118. The van der Waals surface area contributed by atoms with Gasteiger partial charge in [0.05, 0.1) is 0 Å². The Morgan fingerprint density at radius 1 is 1.23 bits per heavy atom. The number of carbonyl (C=O) groups excluding carboxylic acids is 1. The highest BCUT2D eigenvalue weighted by Crippen LogP contribution is 2.35. The topological polar surface area (TPSA) is 84.3 Å². The van der Waals surface area contributed by atoms with Gasteiger partial charge in [0, 0.05) is 28.2 Å². The Bertz CT molecular complexity index is 1070. The Labute approximate surface area is 189 Å². The molecule has 1 amide bonds. The van der Waals surface area contributed by atoms with Gasteiger partial charge in [-0.3, -0.25) is 4.79 Å². The fraction of sp³-hybridized carbons (Fsp3) is 0.227. The van der Waals surface area contributed by atoms with Crippen LogP contribution in [-0.4, -0.2) is 27.6 Å². The molecule has 0 aliphatic heterocycles. The number of aromatic hydroxyl groups is 1. The van der Waals surface area contributed by atoms with Crippen molar-refractivity contribution in [1.29, 1.82) is 0 Å². The summed E-state index contributed by atoms with van der Waals surface area (Å²) < 4.78 is 20.3. The van der Waals surface area contributed by atoms with Gasteiger partial charge in [-0.2, -0.15) is 0 Å². The van der Waals surface area contributed by atoms with Gasteiger partial charge in [-0.15, -0.1) is 0 Å². The summed E-state index contributed by atoms with van der Waals surface area (Å²) in [6.45, 7) is 3.32. The number of aromatic nitrogens is 2. The third kappa shape index (κ3) is 5.62. The molecule has 3 rings (SSSR count). The van der Waals surface area contributed by atoms with Crippen molar-refractivity contribution in [2.45, 2.75) is 26.2 Å². The molecular formula is C22H20Cl2FN3O3. The minimum atomic E-state index is -0.483. The van der Waals surface area contributed by atoms with Crippen LogP contribution in [0.1, 0.15) is 36.5 Å². The van der Waals surface area contributed by atoms with E-state index in [0.717, 1.165) is 0 Å². The molecule has 0 atom stereocenters. The maximum absolute atomic E-state index is 14.9. The Morgan fingerprint density at radius 3 is 2.55 bits per heavy atom. The SMILES string of the molecule is CC(C)c1c(O)ccc(Cc2c(Cl)cc(OCC(=O)Nc3ccncn3)cc2Cl)c1F. The van der Waals surface area contributed by atoms with E-state index in [-0.39, 0.29) is 40.3 Å². The second-order valence-electron chi connectivity index (χ2n) is 7.10. The monoisotopic (exact) mass is 463 g/mol. The van der Waals surface area contributed by atoms with E-state index in [1.54, 1.807) is 19.9 Å². The minimum Gasteiger partial charge on any atom is -0.508 e. The van der Waals surface area contributed by atoms with Crippen LogP contribution in [0.15, 0.2) is 42.9 Å². The molecule has 0 saturated heterocycles. The van der Waals surface area contributed by atoms with Gasteiger partial charge in [-0.05, 0) is 41.3 Å². The van der Waals surface area contributed by atoms with Crippen LogP contribution in [0.3, 0.4) is 0 Å². The molecule has 0 saturated carbocycles. The molecule has 2 aromatic carbocycles. The Kier molecular flexibility index (Phi) is 7.30. The van der Waals surface area contributed by atoms with E-state index in [1.165, 1.54) is 36.8 Å². The molecule has 1 aromatic heterocycles. The van der Waals surface area contributed by atoms with Gasteiger partial charge in [0.25, 0.3) is 5.91 Å². The van der Waals surface area contributed by atoms with Gasteiger partial charge in [0.1, 0.15) is 29.5 Å². The molecule has 0 radical (unpaired) electrons. The number of rotatable bonds is 7. The van der Waals surface area contributed by atoms with Gasteiger partial charge in [0.15, 0.2) is 6.61 Å². The quantitative estimate of drug-likeness (QED) is 0.492. The second-order valence-corrected chi connectivity index (χ2v) is 7.91. The van der Waals surface area contributed by atoms with Crippen molar-refractivity contribution in [3.63, 3.8) is 0 Å². The fourth-order valence-electron chi connectivity index (χ4n) is 3.03. The van der Waals surface area contributed by atoms with Crippen LogP contribution in [-0.2, 0) is 11.2 Å². The van der Waals surface area contributed by atoms with E-state index in [9.17, 15) is 14.3 Å². The highest BCUT2D eigenvalue weighted by atomic mass is 35.5. The van der Waals surface area contributed by atoms with Crippen LogP contribution in [0.5, 0.6) is 11.5 Å². The van der Waals surface area contributed by atoms with Crippen molar-refractivity contribution >= 4 is 34.9 Å².